The third-order valence-electron chi connectivity index (χ3n) is 6.32. The van der Waals surface area contributed by atoms with Gasteiger partial charge in [-0.05, 0) is 68.9 Å². The second-order valence-corrected chi connectivity index (χ2v) is 8.71. The Labute approximate surface area is 192 Å². The molecule has 9 heteroatoms. The molecule has 2 aliphatic rings. The van der Waals surface area contributed by atoms with E-state index in [1.807, 2.05) is 41.0 Å². The van der Waals surface area contributed by atoms with Crippen LogP contribution in [0.4, 0.5) is 5.69 Å². The highest BCUT2D eigenvalue weighted by Gasteiger charge is 2.33. The molecular formula is C24H27N7O2. The third-order valence-corrected chi connectivity index (χ3v) is 6.32. The normalized spacial score (nSPS) is 17.1. The van der Waals surface area contributed by atoms with Gasteiger partial charge in [0.1, 0.15) is 6.33 Å². The molecule has 0 radical (unpaired) electrons. The molecule has 0 N–H and O–H groups in total. The molecule has 0 bridgehead atoms. The summed E-state index contributed by atoms with van der Waals surface area (Å²) >= 11 is 0. The van der Waals surface area contributed by atoms with Crippen molar-refractivity contribution in [3.63, 3.8) is 0 Å². The number of hydrogen-bond donors (Lipinski definition) is 0. The van der Waals surface area contributed by atoms with Crippen LogP contribution < -0.4 is 4.90 Å². The summed E-state index contributed by atoms with van der Waals surface area (Å²) in [7, 11) is 0. The second kappa shape index (κ2) is 9.09. The zero-order valence-electron chi connectivity index (χ0n) is 18.7. The van der Waals surface area contributed by atoms with E-state index in [1.165, 1.54) is 6.33 Å². The van der Waals surface area contributed by atoms with Gasteiger partial charge >= 0.3 is 0 Å². The van der Waals surface area contributed by atoms with Crippen LogP contribution in [-0.2, 0) is 4.79 Å². The summed E-state index contributed by atoms with van der Waals surface area (Å²) in [5.41, 5.74) is 1.44. The number of amides is 2. The molecule has 1 unspecified atom stereocenters. The van der Waals surface area contributed by atoms with Gasteiger partial charge in [-0.25, -0.2) is 15.0 Å². The van der Waals surface area contributed by atoms with Crippen molar-refractivity contribution in [1.82, 2.24) is 29.6 Å². The Hall–Kier alpha value is -3.62. The Bertz CT molecular complexity index is 1130. The number of hydrogen-bond acceptors (Lipinski definition) is 6. The first-order valence-corrected chi connectivity index (χ1v) is 11.5. The monoisotopic (exact) mass is 445 g/mol. The van der Waals surface area contributed by atoms with Crippen molar-refractivity contribution >= 4 is 17.5 Å². The molecule has 2 amide bonds. The molecule has 1 saturated carbocycles. The van der Waals surface area contributed by atoms with Crippen molar-refractivity contribution < 1.29 is 9.59 Å². The lowest BCUT2D eigenvalue weighted by atomic mass is 10.1. The quantitative estimate of drug-likeness (QED) is 0.554. The van der Waals surface area contributed by atoms with Gasteiger partial charge < -0.3 is 9.80 Å². The van der Waals surface area contributed by atoms with Crippen LogP contribution in [0.2, 0.25) is 0 Å². The van der Waals surface area contributed by atoms with Crippen molar-refractivity contribution in [2.75, 3.05) is 18.0 Å². The minimum Gasteiger partial charge on any atom is -0.328 e. The molecule has 1 aromatic carbocycles. The van der Waals surface area contributed by atoms with E-state index in [-0.39, 0.29) is 17.9 Å². The molecule has 5 rings (SSSR count). The summed E-state index contributed by atoms with van der Waals surface area (Å²) in [6.07, 6.45) is 9.55. The fourth-order valence-electron chi connectivity index (χ4n) is 4.25. The van der Waals surface area contributed by atoms with Gasteiger partial charge in [-0.3, -0.25) is 9.59 Å². The van der Waals surface area contributed by atoms with Gasteiger partial charge in [0.2, 0.25) is 5.91 Å². The molecule has 33 heavy (non-hydrogen) atoms. The van der Waals surface area contributed by atoms with Crippen LogP contribution in [-0.4, -0.2) is 54.5 Å². The minimum absolute atomic E-state index is 0.0607. The number of benzene rings is 1. The number of rotatable bonds is 7. The Morgan fingerprint density at radius 3 is 2.58 bits per heavy atom. The maximum Gasteiger partial charge on any atom is 0.254 e. The summed E-state index contributed by atoms with van der Waals surface area (Å²) in [6.45, 7) is 3.35. The lowest BCUT2D eigenvalue weighted by Crippen LogP contribution is -2.37. The van der Waals surface area contributed by atoms with Gasteiger partial charge in [0.05, 0.1) is 6.04 Å². The molecule has 2 fully saturated rings. The first kappa shape index (κ1) is 21.2. The standard InChI is InChI=1S/C24H27N7O2/c1-17(22-27-16-28-31(22)24-25-12-4-13-26-24)30(15-18-6-7-18)23(33)19-8-10-20(11-9-19)29-14-3-2-5-21(29)32/h4,8-13,16-18H,2-3,5-7,14-15H2,1H3. The molecule has 0 spiro atoms. The number of aromatic nitrogens is 5. The number of carbonyl (C=O) groups excluding carboxylic acids is 2. The summed E-state index contributed by atoms with van der Waals surface area (Å²) in [4.78, 5) is 42.5. The van der Waals surface area contributed by atoms with Crippen molar-refractivity contribution in [1.29, 1.82) is 0 Å². The van der Waals surface area contributed by atoms with Crippen molar-refractivity contribution in [3.8, 4) is 5.95 Å². The van der Waals surface area contributed by atoms with Gasteiger partial charge in [-0.2, -0.15) is 9.78 Å². The van der Waals surface area contributed by atoms with Gasteiger partial charge in [-0.1, -0.05) is 0 Å². The molecule has 3 heterocycles. The highest BCUT2D eigenvalue weighted by atomic mass is 16.2. The third kappa shape index (κ3) is 4.48. The molecule has 3 aromatic rings. The van der Waals surface area contributed by atoms with Crippen LogP contribution in [0.3, 0.4) is 0 Å². The predicted molar refractivity (Wildman–Crippen MR) is 122 cm³/mol. The molecule has 9 nitrogen and oxygen atoms in total. The van der Waals surface area contributed by atoms with Gasteiger partial charge in [0.25, 0.3) is 11.9 Å². The highest BCUT2D eigenvalue weighted by Crippen LogP contribution is 2.33. The fourth-order valence-corrected chi connectivity index (χ4v) is 4.25. The summed E-state index contributed by atoms with van der Waals surface area (Å²) < 4.78 is 1.59. The Morgan fingerprint density at radius 1 is 1.12 bits per heavy atom. The lowest BCUT2D eigenvalue weighted by molar-refractivity contribution is -0.119. The van der Waals surface area contributed by atoms with Crippen LogP contribution in [0.15, 0.2) is 49.1 Å². The smallest absolute Gasteiger partial charge is 0.254 e. The number of piperidine rings is 1. The van der Waals surface area contributed by atoms with Crippen LogP contribution in [0.5, 0.6) is 0 Å². The Kier molecular flexibility index (Phi) is 5.85. The largest absolute Gasteiger partial charge is 0.328 e. The number of anilines is 1. The lowest BCUT2D eigenvalue weighted by Gasteiger charge is -2.29. The van der Waals surface area contributed by atoms with E-state index < -0.39 is 0 Å². The van der Waals surface area contributed by atoms with Crippen molar-refractivity contribution in [2.24, 2.45) is 5.92 Å². The summed E-state index contributed by atoms with van der Waals surface area (Å²) in [5, 5.41) is 4.29. The number of carbonyl (C=O) groups is 2. The Balaban J connectivity index is 1.40. The topological polar surface area (TPSA) is 97.1 Å². The second-order valence-electron chi connectivity index (χ2n) is 8.71. The average molecular weight is 446 g/mol. The van der Waals surface area contributed by atoms with Crippen molar-refractivity contribution in [2.45, 2.75) is 45.1 Å². The molecular weight excluding hydrogens is 418 g/mol. The van der Waals surface area contributed by atoms with E-state index >= 15 is 0 Å². The molecule has 1 aliphatic heterocycles. The van der Waals surface area contributed by atoms with Gasteiger partial charge in [0.15, 0.2) is 5.82 Å². The molecule has 1 aliphatic carbocycles. The highest BCUT2D eigenvalue weighted by molar-refractivity contribution is 5.97. The minimum atomic E-state index is -0.312. The summed E-state index contributed by atoms with van der Waals surface area (Å²) in [6, 6.07) is 8.81. The van der Waals surface area contributed by atoms with Gasteiger partial charge in [-0.15, -0.1) is 0 Å². The van der Waals surface area contributed by atoms with E-state index in [1.54, 1.807) is 23.1 Å². The van der Waals surface area contributed by atoms with Crippen LogP contribution in [0, 0.1) is 5.92 Å². The fraction of sp³-hybridized carbons (Fsp3) is 0.417. The van der Waals surface area contributed by atoms with Crippen LogP contribution in [0.25, 0.3) is 5.95 Å². The summed E-state index contributed by atoms with van der Waals surface area (Å²) in [5.74, 6) is 1.63. The molecule has 2 aromatic heterocycles. The molecule has 1 atom stereocenters. The predicted octanol–water partition coefficient (Wildman–Crippen LogP) is 3.19. The van der Waals surface area contributed by atoms with Crippen LogP contribution >= 0.6 is 0 Å². The Morgan fingerprint density at radius 2 is 1.88 bits per heavy atom. The van der Waals surface area contributed by atoms with E-state index in [2.05, 4.69) is 20.1 Å². The zero-order chi connectivity index (χ0) is 22.8. The zero-order valence-corrected chi connectivity index (χ0v) is 18.7. The van der Waals surface area contributed by atoms with Crippen LogP contribution in [0.1, 0.15) is 61.3 Å². The maximum absolute atomic E-state index is 13.6. The maximum atomic E-state index is 13.6. The molecule has 170 valence electrons. The first-order valence-electron chi connectivity index (χ1n) is 11.5. The SMILES string of the molecule is CC(c1ncnn1-c1ncccn1)N(CC1CC1)C(=O)c1ccc(N2CCCCC2=O)cc1. The van der Waals surface area contributed by atoms with E-state index in [9.17, 15) is 9.59 Å². The first-order chi connectivity index (χ1) is 16.1. The van der Waals surface area contributed by atoms with E-state index in [0.29, 0.717) is 36.2 Å². The van der Waals surface area contributed by atoms with Gasteiger partial charge in [0, 0.05) is 43.2 Å². The van der Waals surface area contributed by atoms with E-state index in [4.69, 9.17) is 0 Å². The molecule has 1 saturated heterocycles. The van der Waals surface area contributed by atoms with E-state index in [0.717, 1.165) is 37.9 Å². The number of nitrogens with zero attached hydrogens (tertiary/aromatic N) is 7. The average Bonchev–Trinajstić information content (AvgIpc) is 3.55. The van der Waals surface area contributed by atoms with Crippen molar-refractivity contribution in [3.05, 3.63) is 60.4 Å².